The summed E-state index contributed by atoms with van der Waals surface area (Å²) in [5.41, 5.74) is 6.78. The van der Waals surface area contributed by atoms with Crippen molar-refractivity contribution in [3.63, 3.8) is 0 Å². The summed E-state index contributed by atoms with van der Waals surface area (Å²) in [5, 5.41) is 132. The molecule has 2 heterocycles. The van der Waals surface area contributed by atoms with Crippen molar-refractivity contribution in [2.24, 2.45) is 82.9 Å². The van der Waals surface area contributed by atoms with E-state index in [4.69, 9.17) is 17.3 Å². The van der Waals surface area contributed by atoms with Gasteiger partial charge in [0.1, 0.15) is 35.9 Å². The number of allylic oxidation sites excluding steroid dienone is 5. The molecule has 85 heavy (non-hydrogen) atoms. The van der Waals surface area contributed by atoms with E-state index in [1.54, 1.807) is 12.1 Å². The van der Waals surface area contributed by atoms with Crippen LogP contribution in [0, 0.1) is 82.9 Å². The third-order valence-electron chi connectivity index (χ3n) is 28.7. The van der Waals surface area contributed by atoms with E-state index in [0.29, 0.717) is 83.6 Å². The first-order valence-electron chi connectivity index (χ1n) is 31.0. The smallest absolute Gasteiger partial charge is 0.336 e. The summed E-state index contributed by atoms with van der Waals surface area (Å²) in [5.74, 6) is -16.2. The second-order valence-electron chi connectivity index (χ2n) is 30.2. The Morgan fingerprint density at radius 2 is 1.51 bits per heavy atom. The fourth-order valence-corrected chi connectivity index (χ4v) is 27.3. The highest BCUT2D eigenvalue weighted by Gasteiger charge is 2.99. The van der Waals surface area contributed by atoms with Crippen LogP contribution < -0.4 is 10.4 Å². The van der Waals surface area contributed by atoms with Gasteiger partial charge in [-0.05, 0) is 149 Å². The Labute approximate surface area is 482 Å². The minimum absolute atomic E-state index is 0.00106. The SMILES string of the molecule is [B]C1=C2C3=C4C5=C6C7c8c9ccc%10c8=C5C5C(=CC8CC(O)/C(=C/C%11CC%12=C(CC%11O)CC%11C(O)C=C%13C(C(=O)O)C%14C=C%15CC(O)C%16=C%17C%15C%15%18O[C@]%15(C4=C4C(=C%14%18)C%13[C@]%11(O)C%12C24)C6C%17[C@@]24OC72C(CC(C(=O)O)C4=C%16)C9O)C1=C8C35O)C=%10C(=O)O. The number of benzene rings is 1. The van der Waals surface area contributed by atoms with Crippen molar-refractivity contribution < 1.29 is 74.9 Å². The Hall–Kier alpha value is -6.31. The molecule has 1 aromatic carbocycles. The second kappa shape index (κ2) is 12.1. The van der Waals surface area contributed by atoms with Crippen molar-refractivity contribution in [2.75, 3.05) is 0 Å². The Balaban J connectivity index is 0.969. The van der Waals surface area contributed by atoms with Crippen molar-refractivity contribution in [3.05, 3.63) is 181 Å². The van der Waals surface area contributed by atoms with Crippen LogP contribution in [-0.2, 0) is 23.9 Å². The minimum Gasteiger partial charge on any atom is -0.481 e. The van der Waals surface area contributed by atoms with E-state index in [9.17, 15) is 55.2 Å². The summed E-state index contributed by atoms with van der Waals surface area (Å²) in [4.78, 5) is 43.6. The first-order valence-corrected chi connectivity index (χ1v) is 31.0. The first kappa shape index (κ1) is 45.0. The number of carbonyl (C=O) groups is 3. The highest BCUT2D eigenvalue weighted by Crippen LogP contribution is 2.94. The van der Waals surface area contributed by atoms with Crippen LogP contribution in [-0.4, -0.2) is 135 Å². The number of hydrogen-bond acceptors (Lipinski definition) is 12. The van der Waals surface area contributed by atoms with Gasteiger partial charge >= 0.3 is 17.9 Å². The van der Waals surface area contributed by atoms with E-state index >= 15 is 10.2 Å². The molecule has 24 aliphatic rings. The zero-order chi connectivity index (χ0) is 56.5. The first-order chi connectivity index (χ1) is 40.8. The molecule has 16 heteroatoms. The van der Waals surface area contributed by atoms with Gasteiger partial charge < -0.3 is 60.5 Å². The molecule has 2 saturated heterocycles. The molecule has 0 amide bonds. The van der Waals surface area contributed by atoms with E-state index < -0.39 is 171 Å². The fourth-order valence-electron chi connectivity index (χ4n) is 27.3. The summed E-state index contributed by atoms with van der Waals surface area (Å²) < 4.78 is 16.3. The summed E-state index contributed by atoms with van der Waals surface area (Å²) in [6, 6.07) is 3.61. The zero-order valence-corrected chi connectivity index (χ0v) is 44.9. The molecule has 0 aromatic heterocycles. The maximum atomic E-state index is 15.7. The molecule has 4 saturated carbocycles. The van der Waals surface area contributed by atoms with Crippen LogP contribution in [0.4, 0.5) is 0 Å². The van der Waals surface area contributed by atoms with Crippen molar-refractivity contribution in [3.8, 4) is 0 Å². The van der Waals surface area contributed by atoms with Gasteiger partial charge in [-0.1, -0.05) is 64.7 Å². The number of epoxide rings is 2. The van der Waals surface area contributed by atoms with Gasteiger partial charge in [0.25, 0.3) is 0 Å². The number of ether oxygens (including phenoxy) is 2. The molecule has 2 radical (unpaired) electrons. The zero-order valence-electron chi connectivity index (χ0n) is 44.9. The minimum atomic E-state index is -2.08. The van der Waals surface area contributed by atoms with E-state index in [2.05, 4.69) is 6.08 Å². The maximum absolute atomic E-state index is 15.7. The van der Waals surface area contributed by atoms with Crippen LogP contribution in [0.15, 0.2) is 159 Å². The van der Waals surface area contributed by atoms with E-state index in [1.807, 2.05) is 24.3 Å². The van der Waals surface area contributed by atoms with Crippen LogP contribution in [0.2, 0.25) is 0 Å². The average Bonchev–Trinajstić information content (AvgIpc) is 1.44. The van der Waals surface area contributed by atoms with Gasteiger partial charge in [0.15, 0.2) is 0 Å². The van der Waals surface area contributed by atoms with Crippen molar-refractivity contribution in [2.45, 2.75) is 109 Å². The van der Waals surface area contributed by atoms with Crippen molar-refractivity contribution >= 4 is 36.9 Å². The predicted octanol–water partition coefficient (Wildman–Crippen LogP) is 1.68. The van der Waals surface area contributed by atoms with Gasteiger partial charge in [-0.3, -0.25) is 9.59 Å². The van der Waals surface area contributed by atoms with Gasteiger partial charge in [0, 0.05) is 88.1 Å². The van der Waals surface area contributed by atoms with Gasteiger partial charge in [-0.25, -0.2) is 4.79 Å². The molecule has 6 fully saturated rings. The molecule has 25 rings (SSSR count). The van der Waals surface area contributed by atoms with Crippen molar-refractivity contribution in [1.29, 1.82) is 0 Å². The highest BCUT2D eigenvalue weighted by molar-refractivity contribution is 6.27. The number of fused-ring (bicyclic) bond motifs is 1. The summed E-state index contributed by atoms with van der Waals surface area (Å²) in [7, 11) is 8.20. The molecule has 2 aliphatic heterocycles. The van der Waals surface area contributed by atoms with Gasteiger partial charge in [-0.2, -0.15) is 0 Å². The highest BCUT2D eigenvalue weighted by atomic mass is 16.6. The Morgan fingerprint density at radius 1 is 0.682 bits per heavy atom. The molecule has 4 spiro atoms. The molecule has 15 nitrogen and oxygen atoms in total. The topological polar surface area (TPSA) is 279 Å². The number of rotatable bonds is 3. The lowest BCUT2D eigenvalue weighted by Gasteiger charge is -2.72. The molecule has 1 aromatic rings. The summed E-state index contributed by atoms with van der Waals surface area (Å²) in [6.07, 6.45) is 4.73. The standard InChI is InChI=1S/C69H49BO15/c70-59-39-22-4-15-3-20-14(8-30(15)71)7-28-33(74)13-26-35(63(80)81)25-6-17-10-32(73)23-12-27-21(61(76)77)11-29-60(75)19-2-1-18-34(62(78)79)24-5-16(9-31(22)72)48(39)65(83)51(24)41-36(18)37(19)55-45-40(41)44-54(65)47(59)43-42-46(52(26)64(28,82)50(20)43)53(25)68-49(17)38(23)57(66(27)67(29,55)84-66)58(45)69(68,85-68)56(42)44/h1-2,4-6,12-13,15-16,21,25,28-33,35,43,49-52,55,57-58,60,71-75,82-83H,3,7-11H2,(H,76,77)(H,78,79)(H,80,81)/b22-4-/t15?,16?,21?,25?,28?,29?,30?,31?,32?,33?,35?,43?,49?,50?,51?,52?,55?,57?,58?,60?,64-,65?,66-,67?,68?,69-/m1/s1. The molecule has 10 N–H and O–H groups in total. The van der Waals surface area contributed by atoms with Gasteiger partial charge in [0.2, 0.25) is 0 Å². The molecular weight excluding hydrogens is 1080 g/mol. The normalized spacial score (nSPS) is 54.6. The Kier molecular flexibility index (Phi) is 6.39. The van der Waals surface area contributed by atoms with Crippen LogP contribution in [0.3, 0.4) is 0 Å². The molecule has 23 unspecified atom stereocenters. The second-order valence-corrected chi connectivity index (χ2v) is 30.2. The molecule has 26 atom stereocenters. The monoisotopic (exact) mass is 1130 g/mol. The van der Waals surface area contributed by atoms with Crippen LogP contribution >= 0.6 is 0 Å². The number of aliphatic hydroxyl groups excluding tert-OH is 5. The number of carboxylic acid groups (broad SMARTS) is 3. The van der Waals surface area contributed by atoms with E-state index in [1.165, 1.54) is 0 Å². The Bertz CT molecular complexity index is 4770. The largest absolute Gasteiger partial charge is 0.481 e. The quantitative estimate of drug-likeness (QED) is 0.117. The molecule has 22 aliphatic carbocycles. The van der Waals surface area contributed by atoms with Crippen LogP contribution in [0.5, 0.6) is 0 Å². The maximum Gasteiger partial charge on any atom is 0.336 e. The average molecular weight is 1130 g/mol. The number of aliphatic hydroxyl groups is 7. The predicted molar refractivity (Wildman–Crippen MR) is 289 cm³/mol. The lowest BCUT2D eigenvalue weighted by molar-refractivity contribution is -0.156. The van der Waals surface area contributed by atoms with Crippen molar-refractivity contribution in [1.82, 2.24) is 0 Å². The Morgan fingerprint density at radius 3 is 2.31 bits per heavy atom. The molecular formula is C69H49BO15. The molecule has 4 bridgehead atoms. The fraction of sp³-hybridized carbons (Fsp3) is 0.464. The lowest BCUT2D eigenvalue weighted by atomic mass is 9.29. The lowest BCUT2D eigenvalue weighted by Crippen LogP contribution is -2.74. The van der Waals surface area contributed by atoms with Gasteiger partial charge in [-0.15, -0.1) is 0 Å². The van der Waals surface area contributed by atoms with Crippen LogP contribution in [0.1, 0.15) is 61.7 Å². The summed E-state index contributed by atoms with van der Waals surface area (Å²) in [6.45, 7) is 0. The third-order valence-corrected chi connectivity index (χ3v) is 28.7. The van der Waals surface area contributed by atoms with E-state index in [-0.39, 0.29) is 37.7 Å². The number of aliphatic carboxylic acids is 3. The van der Waals surface area contributed by atoms with E-state index in [0.717, 1.165) is 66.9 Å². The number of hydrogen-bond donors (Lipinski definition) is 10. The van der Waals surface area contributed by atoms with Crippen LogP contribution in [0.25, 0.3) is 11.1 Å². The molecule has 418 valence electrons. The summed E-state index contributed by atoms with van der Waals surface area (Å²) >= 11 is 0. The third kappa shape index (κ3) is 3.58. The van der Waals surface area contributed by atoms with Gasteiger partial charge in [0.05, 0.1) is 53.5 Å². The number of carboxylic acids is 3.